The average molecular weight is 382 g/mol. The number of aliphatic hydroxyl groups is 1. The normalized spacial score (nSPS) is 12.9. The minimum atomic E-state index is -4.83. The van der Waals surface area contributed by atoms with Gasteiger partial charge in [-0.3, -0.25) is 15.1 Å². The smallest absolute Gasteiger partial charge is 0.370 e. The molecule has 0 fully saturated rings. The maximum Gasteiger partial charge on any atom is 0.419 e. The highest BCUT2D eigenvalue weighted by atomic mass is 19.4. The Bertz CT molecular complexity index is 971. The molecule has 142 valence electrons. The van der Waals surface area contributed by atoms with Gasteiger partial charge in [0.05, 0.1) is 16.8 Å². The average Bonchev–Trinajstić information content (AvgIpc) is 3.02. The molecule has 6 nitrogen and oxygen atoms in total. The van der Waals surface area contributed by atoms with E-state index in [4.69, 9.17) is 0 Å². The number of nitrogens with one attached hydrogen (secondary N) is 3. The zero-order valence-electron chi connectivity index (χ0n) is 13.6. The van der Waals surface area contributed by atoms with E-state index in [-0.39, 0.29) is 5.56 Å². The van der Waals surface area contributed by atoms with Crippen molar-refractivity contribution in [2.45, 2.75) is 18.9 Å². The second kappa shape index (κ2) is 7.33. The van der Waals surface area contributed by atoms with Crippen LogP contribution in [0.3, 0.4) is 0 Å². The van der Waals surface area contributed by atoms with E-state index < -0.39 is 36.2 Å². The van der Waals surface area contributed by atoms with Crippen LogP contribution in [0.25, 0.3) is 10.9 Å². The van der Waals surface area contributed by atoms with Gasteiger partial charge in [-0.1, -0.05) is 12.1 Å². The van der Waals surface area contributed by atoms with Gasteiger partial charge in [-0.15, -0.1) is 0 Å². The minimum Gasteiger partial charge on any atom is -0.370 e. The highest BCUT2D eigenvalue weighted by Gasteiger charge is 2.34. The summed E-state index contributed by atoms with van der Waals surface area (Å²) in [7, 11) is 0. The molecular formula is C17H14F4N4O2. The summed E-state index contributed by atoms with van der Waals surface area (Å²) < 4.78 is 52.1. The lowest BCUT2D eigenvalue weighted by Gasteiger charge is -2.15. The van der Waals surface area contributed by atoms with Crippen molar-refractivity contribution in [2.24, 2.45) is 0 Å². The van der Waals surface area contributed by atoms with Crippen LogP contribution in [0.2, 0.25) is 0 Å². The molecule has 2 heterocycles. The van der Waals surface area contributed by atoms with Crippen LogP contribution in [-0.2, 0) is 17.5 Å². The fourth-order valence-corrected chi connectivity index (χ4v) is 2.50. The topological polar surface area (TPSA) is 90.0 Å². The van der Waals surface area contributed by atoms with Crippen LogP contribution in [0.1, 0.15) is 11.1 Å². The molecule has 27 heavy (non-hydrogen) atoms. The standard InChI is InChI=1S/C17H14F4N4O2/c18-14-9(2-1-3-11(14)17(19,20)21)6-24-15(26)16(27)25-13-8-23-12-4-5-22-7-10(12)13/h1-5,7-8,15,23-24,26H,6H2,(H,25,27). The van der Waals surface area contributed by atoms with Crippen LogP contribution in [-0.4, -0.2) is 27.2 Å². The van der Waals surface area contributed by atoms with Crippen molar-refractivity contribution in [2.75, 3.05) is 5.32 Å². The number of hydrogen-bond donors (Lipinski definition) is 4. The van der Waals surface area contributed by atoms with Crippen molar-refractivity contribution < 1.29 is 27.5 Å². The Kier molecular flexibility index (Phi) is 5.10. The van der Waals surface area contributed by atoms with Crippen LogP contribution < -0.4 is 10.6 Å². The third-order valence-corrected chi connectivity index (χ3v) is 3.86. The number of halogens is 4. The van der Waals surface area contributed by atoms with Crippen molar-refractivity contribution in [3.05, 3.63) is 59.8 Å². The zero-order chi connectivity index (χ0) is 19.6. The second-order valence-electron chi connectivity index (χ2n) is 5.67. The van der Waals surface area contributed by atoms with Gasteiger partial charge in [-0.25, -0.2) is 4.39 Å². The molecule has 0 saturated heterocycles. The molecule has 3 aromatic rings. The number of nitrogens with zero attached hydrogens (tertiary/aromatic N) is 1. The number of carbonyl (C=O) groups is 1. The molecule has 4 N–H and O–H groups in total. The number of pyridine rings is 1. The molecule has 0 bridgehead atoms. The molecule has 1 aromatic carbocycles. The van der Waals surface area contributed by atoms with Gasteiger partial charge in [0.15, 0.2) is 6.23 Å². The van der Waals surface area contributed by atoms with Crippen molar-refractivity contribution in [1.29, 1.82) is 0 Å². The molecule has 0 spiro atoms. The third kappa shape index (κ3) is 4.07. The maximum absolute atomic E-state index is 13.9. The summed E-state index contributed by atoms with van der Waals surface area (Å²) in [6.07, 6.45) is -2.02. The Hall–Kier alpha value is -2.98. The molecule has 1 amide bonds. The van der Waals surface area contributed by atoms with Gasteiger partial charge < -0.3 is 15.4 Å². The molecule has 0 aliphatic rings. The minimum absolute atomic E-state index is 0.326. The van der Waals surface area contributed by atoms with E-state index in [1.807, 2.05) is 0 Å². The van der Waals surface area contributed by atoms with Crippen LogP contribution >= 0.6 is 0 Å². The van der Waals surface area contributed by atoms with Gasteiger partial charge in [0, 0.05) is 36.1 Å². The van der Waals surface area contributed by atoms with E-state index in [2.05, 4.69) is 20.6 Å². The van der Waals surface area contributed by atoms with E-state index in [0.29, 0.717) is 22.7 Å². The second-order valence-corrected chi connectivity index (χ2v) is 5.67. The summed E-state index contributed by atoms with van der Waals surface area (Å²) >= 11 is 0. The summed E-state index contributed by atoms with van der Waals surface area (Å²) in [4.78, 5) is 18.9. The number of aromatic amines is 1. The molecule has 1 unspecified atom stereocenters. The molecule has 1 atom stereocenters. The Morgan fingerprint density at radius 1 is 1.30 bits per heavy atom. The maximum atomic E-state index is 13.9. The number of aromatic nitrogens is 2. The van der Waals surface area contributed by atoms with Gasteiger partial charge in [0.2, 0.25) is 0 Å². The molecule has 2 aromatic heterocycles. The number of rotatable bonds is 5. The number of H-pyrrole nitrogens is 1. The number of carbonyl (C=O) groups excluding carboxylic acids is 1. The Balaban J connectivity index is 1.66. The lowest BCUT2D eigenvalue weighted by Crippen LogP contribution is -2.40. The van der Waals surface area contributed by atoms with Crippen molar-refractivity contribution in [1.82, 2.24) is 15.3 Å². The van der Waals surface area contributed by atoms with Gasteiger partial charge in [0.25, 0.3) is 5.91 Å². The molecule has 0 saturated carbocycles. The predicted molar refractivity (Wildman–Crippen MR) is 89.0 cm³/mol. The SMILES string of the molecule is O=C(Nc1c[nH]c2ccncc12)C(O)NCc1cccc(C(F)(F)F)c1F. The van der Waals surface area contributed by atoms with Gasteiger partial charge in [-0.05, 0) is 12.1 Å². The molecule has 10 heteroatoms. The van der Waals surface area contributed by atoms with Crippen LogP contribution in [0.4, 0.5) is 23.2 Å². The van der Waals surface area contributed by atoms with Crippen molar-refractivity contribution in [3.63, 3.8) is 0 Å². The van der Waals surface area contributed by atoms with Crippen LogP contribution in [0.5, 0.6) is 0 Å². The quantitative estimate of drug-likeness (QED) is 0.404. The number of amides is 1. The highest BCUT2D eigenvalue weighted by Crippen LogP contribution is 2.32. The Morgan fingerprint density at radius 3 is 2.81 bits per heavy atom. The van der Waals surface area contributed by atoms with E-state index in [9.17, 15) is 27.5 Å². The first kappa shape index (κ1) is 18.8. The molecule has 0 aliphatic carbocycles. The number of alkyl halides is 3. The first-order valence-corrected chi connectivity index (χ1v) is 7.75. The number of benzene rings is 1. The summed E-state index contributed by atoms with van der Waals surface area (Å²) in [5.74, 6) is -2.31. The largest absolute Gasteiger partial charge is 0.419 e. The Labute approximate surface area is 150 Å². The zero-order valence-corrected chi connectivity index (χ0v) is 13.6. The lowest BCUT2D eigenvalue weighted by atomic mass is 10.1. The first-order chi connectivity index (χ1) is 12.8. The predicted octanol–water partition coefficient (Wildman–Crippen LogP) is 2.77. The van der Waals surface area contributed by atoms with Gasteiger partial charge >= 0.3 is 6.18 Å². The van der Waals surface area contributed by atoms with E-state index in [1.165, 1.54) is 12.4 Å². The highest BCUT2D eigenvalue weighted by molar-refractivity contribution is 6.02. The first-order valence-electron chi connectivity index (χ1n) is 7.75. The Morgan fingerprint density at radius 2 is 2.07 bits per heavy atom. The van der Waals surface area contributed by atoms with E-state index in [0.717, 1.165) is 12.1 Å². The summed E-state index contributed by atoms with van der Waals surface area (Å²) in [6, 6.07) is 4.49. The monoisotopic (exact) mass is 382 g/mol. The fraction of sp³-hybridized carbons (Fsp3) is 0.176. The number of anilines is 1. The molecule has 3 rings (SSSR count). The van der Waals surface area contributed by atoms with Crippen LogP contribution in [0, 0.1) is 5.82 Å². The summed E-state index contributed by atoms with van der Waals surface area (Å²) in [5.41, 5.74) is -0.650. The summed E-state index contributed by atoms with van der Waals surface area (Å²) in [6.45, 7) is -0.472. The van der Waals surface area contributed by atoms with Crippen LogP contribution in [0.15, 0.2) is 42.9 Å². The van der Waals surface area contributed by atoms with E-state index in [1.54, 1.807) is 12.3 Å². The van der Waals surface area contributed by atoms with Gasteiger partial charge in [-0.2, -0.15) is 13.2 Å². The number of hydrogen-bond acceptors (Lipinski definition) is 4. The molecule has 0 aliphatic heterocycles. The van der Waals surface area contributed by atoms with Crippen molar-refractivity contribution >= 4 is 22.5 Å². The molecular weight excluding hydrogens is 368 g/mol. The van der Waals surface area contributed by atoms with Crippen molar-refractivity contribution in [3.8, 4) is 0 Å². The third-order valence-electron chi connectivity index (χ3n) is 3.86. The fourth-order valence-electron chi connectivity index (χ4n) is 2.50. The number of fused-ring (bicyclic) bond motifs is 1. The molecule has 0 radical (unpaired) electrons. The summed E-state index contributed by atoms with van der Waals surface area (Å²) in [5, 5.41) is 15.2. The van der Waals surface area contributed by atoms with Gasteiger partial charge in [0.1, 0.15) is 5.82 Å². The van der Waals surface area contributed by atoms with E-state index >= 15 is 0 Å². The lowest BCUT2D eigenvalue weighted by molar-refractivity contribution is -0.140. The number of aliphatic hydroxyl groups excluding tert-OH is 1.